The van der Waals surface area contributed by atoms with Crippen molar-refractivity contribution in [1.29, 1.82) is 0 Å². The molecule has 3 heterocycles. The molecular weight excluding hydrogens is 1530 g/mol. The van der Waals surface area contributed by atoms with Crippen molar-refractivity contribution in [2.24, 2.45) is 98.1 Å². The third-order valence-corrected chi connectivity index (χ3v) is 35.3. The van der Waals surface area contributed by atoms with Crippen LogP contribution in [0.25, 0.3) is 44.3 Å². The molecule has 656 valence electrons. The second kappa shape index (κ2) is 36.5. The summed E-state index contributed by atoms with van der Waals surface area (Å²) >= 11 is 5.85. The number of hydrogen-bond acceptors (Lipinski definition) is 15. The van der Waals surface area contributed by atoms with Crippen LogP contribution < -0.4 is 26.6 Å². The zero-order chi connectivity index (χ0) is 85.5. The first-order valence-electron chi connectivity index (χ1n) is 46.0. The second-order valence-corrected chi connectivity index (χ2v) is 45.9. The van der Waals surface area contributed by atoms with Gasteiger partial charge in [-0.25, -0.2) is 14.2 Å². The van der Waals surface area contributed by atoms with Crippen molar-refractivity contribution in [2.75, 3.05) is 25.4 Å². The highest BCUT2D eigenvalue weighted by atomic mass is 32.8. The summed E-state index contributed by atoms with van der Waals surface area (Å²) in [6, 6.07) is 11.2. The summed E-state index contributed by atoms with van der Waals surface area (Å²) in [5, 5.41) is 35.3. The molecule has 119 heavy (non-hydrogen) atoms. The number of fused-ring (bicyclic) bond motifs is 13. The Kier molecular flexibility index (Phi) is 27.6. The predicted octanol–water partition coefficient (Wildman–Crippen LogP) is 17.1. The number of nitrogens with one attached hydrogen (secondary N) is 5. The van der Waals surface area contributed by atoms with Crippen LogP contribution in [0.2, 0.25) is 0 Å². The molecule has 13 rings (SSSR count). The van der Waals surface area contributed by atoms with Gasteiger partial charge in [0.05, 0.1) is 12.4 Å². The molecule has 0 radical (unpaired) electrons. The van der Waals surface area contributed by atoms with Gasteiger partial charge in [0, 0.05) is 82.5 Å². The average Bonchev–Trinajstić information content (AvgIpc) is 1.68. The summed E-state index contributed by atoms with van der Waals surface area (Å²) in [5.74, 6) is 6.48. The topological polar surface area (TPSA) is 274 Å². The van der Waals surface area contributed by atoms with Gasteiger partial charge < -0.3 is 45.4 Å². The number of ether oxygens (including phenoxy) is 3. The fourth-order valence-corrected chi connectivity index (χ4v) is 26.8. The molecule has 0 spiro atoms. The van der Waals surface area contributed by atoms with Gasteiger partial charge in [0.1, 0.15) is 54.4 Å². The molecular formula is C95H144N12O10S2. The fraction of sp³-hybridized carbons (Fsp3) is 0.758. The van der Waals surface area contributed by atoms with Crippen molar-refractivity contribution in [1.82, 2.24) is 61.1 Å². The maximum absolute atomic E-state index is 14.0. The first-order valence-corrected chi connectivity index (χ1v) is 48.3. The van der Waals surface area contributed by atoms with Crippen LogP contribution in [0.15, 0.2) is 48.8 Å². The third kappa shape index (κ3) is 20.0. The maximum Gasteiger partial charge on any atom is 0.407 e. The predicted molar refractivity (Wildman–Crippen MR) is 473 cm³/mol. The monoisotopic (exact) mass is 1680 g/mol. The number of carbonyl (C=O) groups is 7. The van der Waals surface area contributed by atoms with Crippen molar-refractivity contribution in [3.8, 4) is 22.5 Å². The van der Waals surface area contributed by atoms with Crippen LogP contribution in [0, 0.1) is 98.1 Å². The van der Waals surface area contributed by atoms with Crippen molar-refractivity contribution in [2.45, 2.75) is 332 Å². The number of benzene rings is 2. The molecule has 0 saturated heterocycles. The van der Waals surface area contributed by atoms with Crippen LogP contribution in [0.5, 0.6) is 0 Å². The summed E-state index contributed by atoms with van der Waals surface area (Å²) in [5.41, 5.74) is 4.79. The Morgan fingerprint density at radius 1 is 0.546 bits per heavy atom. The molecule has 5 aromatic rings. The third-order valence-electron chi connectivity index (χ3n) is 31.3. The van der Waals surface area contributed by atoms with Gasteiger partial charge in [-0.15, -0.1) is 19.7 Å². The molecule has 24 heteroatoms. The van der Waals surface area contributed by atoms with E-state index in [0.717, 1.165) is 110 Å². The average molecular weight is 1680 g/mol. The summed E-state index contributed by atoms with van der Waals surface area (Å²) in [7, 11) is -0.467. The molecule has 0 bridgehead atoms. The van der Waals surface area contributed by atoms with Gasteiger partial charge in [-0.2, -0.15) is 0 Å². The maximum atomic E-state index is 14.0. The normalized spacial score (nSPS) is 30.5. The molecule has 3 aromatic heterocycles. The number of alkyl carbamates (subject to hydrolysis) is 1. The van der Waals surface area contributed by atoms with Gasteiger partial charge in [-0.05, 0) is 279 Å². The lowest BCUT2D eigenvalue weighted by Crippen LogP contribution is -2.54. The molecule has 21 atom stereocenters. The SMILES string of the molecule is CCCNC(=O)[C@H](CS(=S)C(C)(C)C)NC(=O)CC[C@@H](C)C1CC[C@H]2[C@@H]3CC[C@@H]4C[C@H](OC(=O)Cn5cc(-c6ccc7c8ccc(-c9cn(CC(=O)O[C@@H]%10CCC%11(C)C%12CCC%13(C)C([C@H](C)CCC(=O)N[C@@H](CC(C)(C)C)C(=O)NCCC)CC[C@H]%13[C@@H]%12CC[C@@H]%11C%10)nn9)cc8n(CCNC(=O)OC(C)(C)C)c7c6)nn5)CCC4(C)C3CCC12C. The van der Waals surface area contributed by atoms with E-state index in [0.29, 0.717) is 127 Å². The molecule has 5 amide bonds. The highest BCUT2D eigenvalue weighted by molar-refractivity contribution is 8.29. The molecule has 0 aliphatic heterocycles. The van der Waals surface area contributed by atoms with Gasteiger partial charge in [0.2, 0.25) is 23.6 Å². The lowest BCUT2D eigenvalue weighted by Gasteiger charge is -2.61. The first-order chi connectivity index (χ1) is 56.3. The number of hydrogen-bond donors (Lipinski definition) is 5. The summed E-state index contributed by atoms with van der Waals surface area (Å²) < 4.78 is 23.6. The minimum atomic E-state index is -0.670. The van der Waals surface area contributed by atoms with Gasteiger partial charge in [0.15, 0.2) is 0 Å². The van der Waals surface area contributed by atoms with E-state index in [2.05, 4.69) is 159 Å². The lowest BCUT2D eigenvalue weighted by molar-refractivity contribution is -0.164. The summed E-state index contributed by atoms with van der Waals surface area (Å²) in [4.78, 5) is 94.5. The number of esters is 2. The number of nitrogens with zero attached hydrogens (tertiary/aromatic N) is 7. The van der Waals surface area contributed by atoms with Crippen LogP contribution in [0.1, 0.15) is 278 Å². The minimum Gasteiger partial charge on any atom is -0.461 e. The second-order valence-electron chi connectivity index (χ2n) is 42.4. The number of aromatic nitrogens is 7. The van der Waals surface area contributed by atoms with E-state index in [4.69, 9.17) is 25.4 Å². The molecule has 5 N–H and O–H groups in total. The van der Waals surface area contributed by atoms with Crippen LogP contribution in [-0.4, -0.2) is 136 Å². The fourth-order valence-electron chi connectivity index (χ4n) is 25.4. The van der Waals surface area contributed by atoms with E-state index in [1.807, 2.05) is 52.9 Å². The lowest BCUT2D eigenvalue weighted by atomic mass is 9.44. The zero-order valence-corrected chi connectivity index (χ0v) is 76.6. The van der Waals surface area contributed by atoms with Gasteiger partial charge in [-0.1, -0.05) is 143 Å². The van der Waals surface area contributed by atoms with E-state index in [9.17, 15) is 33.6 Å². The minimum absolute atomic E-state index is 0.0215. The number of carbonyl (C=O) groups excluding carboxylic acids is 7. The molecule has 9 unspecified atom stereocenters. The van der Waals surface area contributed by atoms with Crippen LogP contribution >= 0.6 is 0 Å². The van der Waals surface area contributed by atoms with E-state index < -0.39 is 33.2 Å². The largest absolute Gasteiger partial charge is 0.461 e. The molecule has 8 aliphatic rings. The Bertz CT molecular complexity index is 4470. The van der Waals surface area contributed by atoms with Gasteiger partial charge in [-0.3, -0.25) is 28.8 Å². The summed E-state index contributed by atoms with van der Waals surface area (Å²) in [6.45, 7) is 39.0. The quantitative estimate of drug-likeness (QED) is 0.0211. The smallest absolute Gasteiger partial charge is 0.407 e. The Morgan fingerprint density at radius 3 is 1.42 bits per heavy atom. The molecule has 8 aliphatic carbocycles. The van der Waals surface area contributed by atoms with Crippen molar-refractivity contribution < 1.29 is 47.8 Å². The first kappa shape index (κ1) is 89.9. The summed E-state index contributed by atoms with van der Waals surface area (Å²) in [6.07, 6.45) is 27.7. The Morgan fingerprint density at radius 2 is 0.983 bits per heavy atom. The van der Waals surface area contributed by atoms with Crippen molar-refractivity contribution in [3.05, 3.63) is 48.8 Å². The van der Waals surface area contributed by atoms with Crippen LogP contribution in [0.4, 0.5) is 4.79 Å². The molecule has 22 nitrogen and oxygen atoms in total. The van der Waals surface area contributed by atoms with E-state index >= 15 is 0 Å². The highest BCUT2D eigenvalue weighted by Gasteiger charge is 2.63. The van der Waals surface area contributed by atoms with Crippen LogP contribution in [-0.2, 0) is 83.3 Å². The molecule has 2 aromatic carbocycles. The van der Waals surface area contributed by atoms with E-state index in [-0.39, 0.29) is 99.2 Å². The van der Waals surface area contributed by atoms with Gasteiger partial charge in [0.25, 0.3) is 0 Å². The van der Waals surface area contributed by atoms with Crippen LogP contribution in [0.3, 0.4) is 0 Å². The zero-order valence-electron chi connectivity index (χ0n) is 75.0. The Labute approximate surface area is 716 Å². The van der Waals surface area contributed by atoms with Gasteiger partial charge >= 0.3 is 18.0 Å². The standard InChI is InChI=1S/C95H144N12O10S2/c1-18-44-96-86(112)76(52-89(5,6)7)99-82(108)34-20-58(3)70-30-32-72-68-28-24-62-50-64(36-40-92(62,14)74(68)38-42-94(70,72)16)115-84(110)55-105-53-77(101-103-105)60-22-26-66-67-27-23-61(49-81(67)107(80(66)48-60)47-46-98-88(114)117-90(8,9)10)78-54-106(104-102-78)56-85(111)116-65-37-41-93(15)63(51-65)25-29-69-73-33-31-71(95(73,17)43-39-75(69)93)59(4)21-35-83(109)100-79(87(113)97-45-19-2)57-119(118)91(11,12)13/h22-23,26-27,48-49,53-54,58-59,62-65,68-76,79H,18-21,24-25,28-47,50-52,55-57H2,1-17H3,(H,96,112)(H,97,113)(H,98,114)(H,99,108)(H,100,109)/t58-,59-,62-,63-,64-,65-,68+,69+,70?,71?,72+,73+,74?,75?,76+,79+,92?,93?,94?,95?,119?/m1/s1. The van der Waals surface area contributed by atoms with E-state index in [1.165, 1.54) is 64.2 Å². The van der Waals surface area contributed by atoms with E-state index in [1.54, 1.807) is 15.6 Å². The van der Waals surface area contributed by atoms with Crippen molar-refractivity contribution in [3.63, 3.8) is 0 Å². The Balaban J connectivity index is 0.596. The number of rotatable bonds is 30. The highest BCUT2D eigenvalue weighted by Crippen LogP contribution is 2.71. The molecule has 8 saturated carbocycles. The van der Waals surface area contributed by atoms with Crippen molar-refractivity contribution >= 4 is 84.1 Å². The molecule has 8 fully saturated rings. The number of amides is 5. The Hall–Kier alpha value is -6.82.